The van der Waals surface area contributed by atoms with Crippen molar-refractivity contribution in [2.24, 2.45) is 7.05 Å². The van der Waals surface area contributed by atoms with Gasteiger partial charge >= 0.3 is 11.9 Å². The van der Waals surface area contributed by atoms with Crippen LogP contribution in [0.3, 0.4) is 0 Å². The number of pyridine rings is 1. The fourth-order valence-corrected chi connectivity index (χ4v) is 5.30. The molecule has 1 saturated heterocycles. The van der Waals surface area contributed by atoms with Gasteiger partial charge in [0.25, 0.3) is 0 Å². The molecule has 3 atom stereocenters. The molecule has 36 heavy (non-hydrogen) atoms. The van der Waals surface area contributed by atoms with Crippen molar-refractivity contribution in [3.05, 3.63) is 63.7 Å². The third kappa shape index (κ3) is 4.98. The Kier molecular flexibility index (Phi) is 7.41. The highest BCUT2D eigenvalue weighted by molar-refractivity contribution is 5.86. The van der Waals surface area contributed by atoms with Gasteiger partial charge in [-0.15, -0.1) is 0 Å². The van der Waals surface area contributed by atoms with Crippen LogP contribution in [0.1, 0.15) is 62.9 Å². The lowest BCUT2D eigenvalue weighted by Crippen LogP contribution is -2.59. The molecule has 0 aliphatic carbocycles. The van der Waals surface area contributed by atoms with E-state index in [0.717, 1.165) is 60.2 Å². The van der Waals surface area contributed by atoms with Gasteiger partial charge in [-0.05, 0) is 56.5 Å². The predicted octanol–water partition coefficient (Wildman–Crippen LogP) is 5.49. The van der Waals surface area contributed by atoms with Crippen LogP contribution >= 0.6 is 0 Å². The van der Waals surface area contributed by atoms with E-state index in [1.54, 1.807) is 19.2 Å². The van der Waals surface area contributed by atoms with Crippen molar-refractivity contribution in [3.63, 3.8) is 0 Å². The molecule has 2 aromatic heterocycles. The molecule has 1 aromatic carbocycles. The van der Waals surface area contributed by atoms with E-state index in [0.29, 0.717) is 12.4 Å². The average molecular weight is 502 g/mol. The Morgan fingerprint density at radius 2 is 1.72 bits per heavy atom. The Balaban J connectivity index is 1.71. The molecule has 1 unspecified atom stereocenters. The Morgan fingerprint density at radius 1 is 1.03 bits per heavy atom. The quantitative estimate of drug-likeness (QED) is 0.447. The average Bonchev–Trinajstić information content (AvgIpc) is 2.85. The summed E-state index contributed by atoms with van der Waals surface area (Å²) in [7, 11) is 1.71. The van der Waals surface area contributed by atoms with Crippen LogP contribution in [0.2, 0.25) is 0 Å². The maximum absolute atomic E-state index is 13.1. The SMILES string of the molecule is CCC[C@H]1CN(C(C)c2ccc(C(F)(F)F)cc2)[C@H](CC)CN1c1nc(=O)n(C)c2ccc(C)nc12. The standard InChI is InChI=1S/C27H34F3N5O/c1-6-8-22-16-34(18(4)19-10-12-20(13-11-19)27(28,29)30)21(7-2)15-35(22)25-24-23(14-9-17(3)31-24)33(5)26(36)32-25/h9-14,18,21-22H,6-8,15-16H2,1-5H3/t18?,21-,22+/m1/s1. The minimum atomic E-state index is -4.35. The summed E-state index contributed by atoms with van der Waals surface area (Å²) in [5.41, 5.74) is 2.24. The van der Waals surface area contributed by atoms with Crippen molar-refractivity contribution < 1.29 is 13.2 Å². The Bertz CT molecular complexity index is 1270. The minimum absolute atomic E-state index is 0.0487. The fraction of sp³-hybridized carbons (Fsp3) is 0.519. The number of benzene rings is 1. The highest BCUT2D eigenvalue weighted by Crippen LogP contribution is 2.35. The lowest BCUT2D eigenvalue weighted by molar-refractivity contribution is -0.137. The van der Waals surface area contributed by atoms with Crippen molar-refractivity contribution in [2.75, 3.05) is 18.0 Å². The summed E-state index contributed by atoms with van der Waals surface area (Å²) in [6, 6.07) is 9.50. The topological polar surface area (TPSA) is 54.3 Å². The molecule has 0 amide bonds. The summed E-state index contributed by atoms with van der Waals surface area (Å²) in [5.74, 6) is 0.621. The fourth-order valence-electron chi connectivity index (χ4n) is 5.30. The van der Waals surface area contributed by atoms with Crippen LogP contribution < -0.4 is 10.6 Å². The molecule has 4 rings (SSSR count). The molecule has 1 aliphatic rings. The van der Waals surface area contributed by atoms with Crippen LogP contribution in [0, 0.1) is 6.92 Å². The number of hydrogen-bond donors (Lipinski definition) is 0. The van der Waals surface area contributed by atoms with E-state index in [1.165, 1.54) is 4.57 Å². The maximum Gasteiger partial charge on any atom is 0.416 e. The zero-order chi connectivity index (χ0) is 26.2. The highest BCUT2D eigenvalue weighted by atomic mass is 19.4. The molecule has 1 aliphatic heterocycles. The van der Waals surface area contributed by atoms with Crippen molar-refractivity contribution in [3.8, 4) is 0 Å². The number of piperazine rings is 1. The molecule has 1 fully saturated rings. The second-order valence-electron chi connectivity index (χ2n) is 9.75. The number of anilines is 1. The van der Waals surface area contributed by atoms with Crippen molar-refractivity contribution >= 4 is 16.9 Å². The van der Waals surface area contributed by atoms with Crippen LogP contribution in [0.25, 0.3) is 11.0 Å². The number of aryl methyl sites for hydroxylation is 2. The Labute approximate surface area is 209 Å². The van der Waals surface area contributed by atoms with Gasteiger partial charge in [-0.2, -0.15) is 18.2 Å². The van der Waals surface area contributed by atoms with E-state index in [4.69, 9.17) is 4.98 Å². The van der Waals surface area contributed by atoms with Crippen LogP contribution in [-0.2, 0) is 13.2 Å². The third-order valence-electron chi connectivity index (χ3n) is 7.40. The van der Waals surface area contributed by atoms with E-state index in [-0.39, 0.29) is 23.8 Å². The van der Waals surface area contributed by atoms with Gasteiger partial charge in [0.1, 0.15) is 5.52 Å². The summed E-state index contributed by atoms with van der Waals surface area (Å²) in [4.78, 5) is 26.6. The number of hydrogen-bond acceptors (Lipinski definition) is 5. The largest absolute Gasteiger partial charge is 0.416 e. The molecule has 0 N–H and O–H groups in total. The monoisotopic (exact) mass is 501 g/mol. The first-order valence-corrected chi connectivity index (χ1v) is 12.6. The van der Waals surface area contributed by atoms with E-state index >= 15 is 0 Å². The zero-order valence-electron chi connectivity index (χ0n) is 21.5. The van der Waals surface area contributed by atoms with Crippen molar-refractivity contribution in [2.45, 2.75) is 71.3 Å². The molecule has 0 saturated carbocycles. The smallest absolute Gasteiger partial charge is 0.349 e. The van der Waals surface area contributed by atoms with E-state index < -0.39 is 11.7 Å². The zero-order valence-corrected chi connectivity index (χ0v) is 21.5. The molecule has 3 heterocycles. The van der Waals surface area contributed by atoms with Gasteiger partial charge in [-0.1, -0.05) is 32.4 Å². The molecule has 9 heteroatoms. The van der Waals surface area contributed by atoms with Crippen LogP contribution in [0.5, 0.6) is 0 Å². The van der Waals surface area contributed by atoms with Crippen LogP contribution in [-0.4, -0.2) is 44.6 Å². The number of fused-ring (bicyclic) bond motifs is 1. The first-order valence-electron chi connectivity index (χ1n) is 12.6. The van der Waals surface area contributed by atoms with E-state index in [9.17, 15) is 18.0 Å². The minimum Gasteiger partial charge on any atom is -0.349 e. The normalized spacial score (nSPS) is 20.2. The number of halogens is 3. The first-order chi connectivity index (χ1) is 17.0. The van der Waals surface area contributed by atoms with Crippen LogP contribution in [0.15, 0.2) is 41.2 Å². The number of nitrogens with zero attached hydrogens (tertiary/aromatic N) is 5. The summed E-state index contributed by atoms with van der Waals surface area (Å²) in [6.07, 6.45) is -1.64. The predicted molar refractivity (Wildman–Crippen MR) is 136 cm³/mol. The third-order valence-corrected chi connectivity index (χ3v) is 7.40. The van der Waals surface area contributed by atoms with Gasteiger partial charge in [0.15, 0.2) is 5.82 Å². The van der Waals surface area contributed by atoms with E-state index in [2.05, 4.69) is 35.6 Å². The maximum atomic E-state index is 13.1. The Morgan fingerprint density at radius 3 is 2.33 bits per heavy atom. The molecule has 0 radical (unpaired) electrons. The Hall–Kier alpha value is -2.94. The molecule has 0 bridgehead atoms. The van der Waals surface area contributed by atoms with Crippen molar-refractivity contribution in [1.82, 2.24) is 19.4 Å². The highest BCUT2D eigenvalue weighted by Gasteiger charge is 2.37. The molecule has 0 spiro atoms. The lowest BCUT2D eigenvalue weighted by Gasteiger charge is -2.49. The number of alkyl halides is 3. The van der Waals surface area contributed by atoms with Gasteiger partial charge in [-0.3, -0.25) is 9.47 Å². The summed E-state index contributed by atoms with van der Waals surface area (Å²) < 4.78 is 40.7. The summed E-state index contributed by atoms with van der Waals surface area (Å²) in [5, 5.41) is 0. The number of rotatable bonds is 6. The number of aromatic nitrogens is 3. The molecule has 6 nitrogen and oxygen atoms in total. The second-order valence-corrected chi connectivity index (χ2v) is 9.75. The van der Waals surface area contributed by atoms with E-state index in [1.807, 2.05) is 19.1 Å². The van der Waals surface area contributed by atoms with Gasteiger partial charge in [0, 0.05) is 44.0 Å². The first kappa shape index (κ1) is 26.1. The van der Waals surface area contributed by atoms with Crippen molar-refractivity contribution in [1.29, 1.82) is 0 Å². The van der Waals surface area contributed by atoms with Crippen LogP contribution in [0.4, 0.5) is 19.0 Å². The van der Waals surface area contributed by atoms with Gasteiger partial charge in [0.05, 0.1) is 11.1 Å². The summed E-state index contributed by atoms with van der Waals surface area (Å²) >= 11 is 0. The van der Waals surface area contributed by atoms with Gasteiger partial charge in [0.2, 0.25) is 0 Å². The van der Waals surface area contributed by atoms with Gasteiger partial charge < -0.3 is 4.90 Å². The molecule has 3 aromatic rings. The summed E-state index contributed by atoms with van der Waals surface area (Å²) in [6.45, 7) is 9.62. The second kappa shape index (κ2) is 10.2. The van der Waals surface area contributed by atoms with Gasteiger partial charge in [-0.25, -0.2) is 9.78 Å². The molecular weight excluding hydrogens is 467 g/mol. The molecule has 194 valence electrons. The lowest BCUT2D eigenvalue weighted by atomic mass is 9.95. The molecular formula is C27H34F3N5O.